The lowest BCUT2D eigenvalue weighted by Gasteiger charge is -1.90. The minimum absolute atomic E-state index is 1.01. The lowest BCUT2D eigenvalue weighted by Crippen LogP contribution is -1.70. The molecule has 1 radical (unpaired) electrons. The predicted octanol–water partition coefficient (Wildman–Crippen LogP) is 4.68. The van der Waals surface area contributed by atoms with E-state index in [0.717, 1.165) is 19.3 Å². The van der Waals surface area contributed by atoms with Crippen molar-refractivity contribution in [3.8, 4) is 0 Å². The van der Waals surface area contributed by atoms with Crippen LogP contribution in [-0.4, -0.2) is 0 Å². The highest BCUT2D eigenvalue weighted by Crippen LogP contribution is 2.00. The monoisotopic (exact) mass is 179 g/mol. The second kappa shape index (κ2) is 11.5. The zero-order chi connectivity index (χ0) is 9.78. The van der Waals surface area contributed by atoms with Gasteiger partial charge in [0.05, 0.1) is 0 Å². The minimum atomic E-state index is 1.01. The molecule has 0 saturated carbocycles. The largest absolute Gasteiger partial charge is 0.0882 e. The maximum absolute atomic E-state index is 3.78. The van der Waals surface area contributed by atoms with Crippen molar-refractivity contribution < 1.29 is 0 Å². The highest BCUT2D eigenvalue weighted by atomic mass is 13.9. The number of rotatable bonds is 8. The third kappa shape index (κ3) is 11.5. The molecule has 0 saturated heterocycles. The van der Waals surface area contributed by atoms with Crippen LogP contribution < -0.4 is 0 Å². The summed E-state index contributed by atoms with van der Waals surface area (Å²) in [5.74, 6) is 0. The average Bonchev–Trinajstić information content (AvgIpc) is 2.16. The summed E-state index contributed by atoms with van der Waals surface area (Å²) in [5.41, 5.74) is 0. The highest BCUT2D eigenvalue weighted by Gasteiger charge is 1.80. The Balaban J connectivity index is 3.11. The van der Waals surface area contributed by atoms with Gasteiger partial charge in [-0.25, -0.2) is 0 Å². The van der Waals surface area contributed by atoms with E-state index in [9.17, 15) is 0 Å². The predicted molar refractivity (Wildman–Crippen MR) is 61.6 cm³/mol. The van der Waals surface area contributed by atoms with Gasteiger partial charge in [0.1, 0.15) is 0 Å². The number of unbranched alkanes of at least 4 members (excludes halogenated alkanes) is 4. The van der Waals surface area contributed by atoms with Crippen molar-refractivity contribution in [3.05, 3.63) is 31.2 Å². The standard InChI is InChI=1S/C13H23/c1-3-5-7-9-11-13-12-10-8-6-4-2/h7,9,12-13H,1,3-6,8,10-11H2,2H3. The smallest absolute Gasteiger partial charge is 0.0169 e. The zero-order valence-electron chi connectivity index (χ0n) is 8.97. The van der Waals surface area contributed by atoms with E-state index in [4.69, 9.17) is 0 Å². The summed E-state index contributed by atoms with van der Waals surface area (Å²) in [6.45, 7) is 6.03. The van der Waals surface area contributed by atoms with Gasteiger partial charge in [-0.3, -0.25) is 0 Å². The molecule has 75 valence electrons. The fraction of sp³-hybridized carbons (Fsp3) is 0.615. The Bertz CT molecular complexity index is 131. The van der Waals surface area contributed by atoms with Crippen LogP contribution in [0, 0.1) is 6.92 Å². The maximum Gasteiger partial charge on any atom is -0.0169 e. The third-order valence-electron chi connectivity index (χ3n) is 1.95. The van der Waals surface area contributed by atoms with E-state index < -0.39 is 0 Å². The quantitative estimate of drug-likeness (QED) is 0.375. The fourth-order valence-corrected chi connectivity index (χ4v) is 1.14. The van der Waals surface area contributed by atoms with Crippen molar-refractivity contribution in [2.45, 2.75) is 51.9 Å². The molecule has 13 heavy (non-hydrogen) atoms. The van der Waals surface area contributed by atoms with E-state index in [0.29, 0.717) is 0 Å². The van der Waals surface area contributed by atoms with Crippen molar-refractivity contribution in [1.29, 1.82) is 0 Å². The van der Waals surface area contributed by atoms with Crippen LogP contribution in [0.2, 0.25) is 0 Å². The lowest BCUT2D eigenvalue weighted by molar-refractivity contribution is 0.728. The lowest BCUT2D eigenvalue weighted by atomic mass is 10.2. The van der Waals surface area contributed by atoms with Crippen molar-refractivity contribution in [3.63, 3.8) is 0 Å². The van der Waals surface area contributed by atoms with Gasteiger partial charge in [-0.05, 0) is 32.1 Å². The first-order chi connectivity index (χ1) is 6.41. The first kappa shape index (κ1) is 12.5. The molecule has 0 heteroatoms. The first-order valence-corrected chi connectivity index (χ1v) is 5.51. The molecule has 0 nitrogen and oxygen atoms in total. The van der Waals surface area contributed by atoms with E-state index in [-0.39, 0.29) is 0 Å². The second-order valence-corrected chi connectivity index (χ2v) is 3.32. The SMILES string of the molecule is [CH2]CCC=CCC=CCCCCC. The van der Waals surface area contributed by atoms with Crippen LogP contribution in [0.25, 0.3) is 0 Å². The van der Waals surface area contributed by atoms with E-state index in [1.807, 2.05) is 0 Å². The van der Waals surface area contributed by atoms with E-state index in [1.165, 1.54) is 25.7 Å². The summed E-state index contributed by atoms with van der Waals surface area (Å²) in [4.78, 5) is 0. The number of allylic oxidation sites excluding steroid dienone is 4. The van der Waals surface area contributed by atoms with Crippen LogP contribution in [0.3, 0.4) is 0 Å². The molecule has 0 heterocycles. The van der Waals surface area contributed by atoms with Gasteiger partial charge in [0.25, 0.3) is 0 Å². The Morgan fingerprint density at radius 1 is 0.923 bits per heavy atom. The Hall–Kier alpha value is -0.520. The van der Waals surface area contributed by atoms with Crippen molar-refractivity contribution >= 4 is 0 Å². The maximum atomic E-state index is 3.78. The highest BCUT2D eigenvalue weighted by molar-refractivity contribution is 4.92. The van der Waals surface area contributed by atoms with Gasteiger partial charge in [-0.2, -0.15) is 0 Å². The number of hydrogen-bond acceptors (Lipinski definition) is 0. The second-order valence-electron chi connectivity index (χ2n) is 3.32. The molecular formula is C13H23. The van der Waals surface area contributed by atoms with Crippen LogP contribution in [0.5, 0.6) is 0 Å². The van der Waals surface area contributed by atoms with Crippen LogP contribution in [0.4, 0.5) is 0 Å². The molecule has 0 bridgehead atoms. The van der Waals surface area contributed by atoms with Gasteiger partial charge in [0.15, 0.2) is 0 Å². The molecule has 0 rings (SSSR count). The molecule has 0 N–H and O–H groups in total. The Kier molecular flexibility index (Phi) is 11.0. The Morgan fingerprint density at radius 2 is 1.62 bits per heavy atom. The summed E-state index contributed by atoms with van der Waals surface area (Å²) < 4.78 is 0. The summed E-state index contributed by atoms with van der Waals surface area (Å²) in [6, 6.07) is 0. The summed E-state index contributed by atoms with van der Waals surface area (Å²) in [7, 11) is 0. The summed E-state index contributed by atoms with van der Waals surface area (Å²) >= 11 is 0. The fourth-order valence-electron chi connectivity index (χ4n) is 1.14. The molecule has 0 aliphatic carbocycles. The van der Waals surface area contributed by atoms with E-state index in [1.54, 1.807) is 0 Å². The van der Waals surface area contributed by atoms with Crippen LogP contribution in [0.15, 0.2) is 24.3 Å². The Labute approximate surface area is 83.7 Å². The zero-order valence-corrected chi connectivity index (χ0v) is 8.97. The molecule has 0 aromatic heterocycles. The summed E-state index contributed by atoms with van der Waals surface area (Å²) in [6.07, 6.45) is 17.5. The van der Waals surface area contributed by atoms with Crippen molar-refractivity contribution in [2.75, 3.05) is 0 Å². The topological polar surface area (TPSA) is 0 Å². The third-order valence-corrected chi connectivity index (χ3v) is 1.95. The molecule has 0 aromatic carbocycles. The molecule has 0 unspecified atom stereocenters. The van der Waals surface area contributed by atoms with Crippen molar-refractivity contribution in [2.24, 2.45) is 0 Å². The average molecular weight is 179 g/mol. The van der Waals surface area contributed by atoms with Gasteiger partial charge >= 0.3 is 0 Å². The van der Waals surface area contributed by atoms with E-state index >= 15 is 0 Å². The summed E-state index contributed by atoms with van der Waals surface area (Å²) in [5, 5.41) is 0. The van der Waals surface area contributed by atoms with Gasteiger partial charge in [0.2, 0.25) is 0 Å². The first-order valence-electron chi connectivity index (χ1n) is 5.51. The van der Waals surface area contributed by atoms with Crippen molar-refractivity contribution in [1.82, 2.24) is 0 Å². The number of hydrogen-bond donors (Lipinski definition) is 0. The molecule has 0 aromatic rings. The molecular weight excluding hydrogens is 156 g/mol. The van der Waals surface area contributed by atoms with Crippen LogP contribution in [0.1, 0.15) is 51.9 Å². The van der Waals surface area contributed by atoms with Gasteiger partial charge in [-0.15, -0.1) is 0 Å². The molecule has 0 amide bonds. The van der Waals surface area contributed by atoms with E-state index in [2.05, 4.69) is 38.2 Å². The molecule has 0 spiro atoms. The van der Waals surface area contributed by atoms with Gasteiger partial charge < -0.3 is 0 Å². The van der Waals surface area contributed by atoms with Gasteiger partial charge in [-0.1, -0.05) is 51.0 Å². The Morgan fingerprint density at radius 3 is 2.23 bits per heavy atom. The molecule has 0 aliphatic heterocycles. The normalized spacial score (nSPS) is 11.8. The van der Waals surface area contributed by atoms with Crippen LogP contribution >= 0.6 is 0 Å². The van der Waals surface area contributed by atoms with Gasteiger partial charge in [0, 0.05) is 0 Å². The van der Waals surface area contributed by atoms with Crippen LogP contribution in [-0.2, 0) is 0 Å². The molecule has 0 atom stereocenters. The minimum Gasteiger partial charge on any atom is -0.0882 e. The molecule has 0 fully saturated rings. The molecule has 0 aliphatic rings.